The Morgan fingerprint density at radius 3 is 2.08 bits per heavy atom. The Labute approximate surface area is 155 Å². The Bertz CT molecular complexity index is 472. The van der Waals surface area contributed by atoms with E-state index >= 15 is 0 Å². The fourth-order valence-corrected chi connectivity index (χ4v) is 5.79. The molecule has 3 rings (SSSR count). The van der Waals surface area contributed by atoms with Crippen molar-refractivity contribution in [2.75, 3.05) is 0 Å². The van der Waals surface area contributed by atoms with Crippen LogP contribution in [0.25, 0.3) is 0 Å². The van der Waals surface area contributed by atoms with Gasteiger partial charge in [0.2, 0.25) is 5.91 Å². The van der Waals surface area contributed by atoms with E-state index in [2.05, 4.69) is 18.7 Å². The summed E-state index contributed by atoms with van der Waals surface area (Å²) < 4.78 is 0. The minimum absolute atomic E-state index is 0.445. The Hall–Kier alpha value is -0.790. The Morgan fingerprint density at radius 1 is 0.800 bits per heavy atom. The summed E-state index contributed by atoms with van der Waals surface area (Å²) in [7, 11) is 0. The molecule has 0 N–H and O–H groups in total. The molecular weight excluding hydrogens is 306 g/mol. The van der Waals surface area contributed by atoms with Crippen molar-refractivity contribution in [3.05, 3.63) is 11.1 Å². The van der Waals surface area contributed by atoms with E-state index in [1.165, 1.54) is 82.6 Å². The molecule has 2 aliphatic carbocycles. The van der Waals surface area contributed by atoms with Gasteiger partial charge < -0.3 is 4.90 Å². The largest absolute Gasteiger partial charge is 0.332 e. The molecule has 0 radical (unpaired) electrons. The number of hydrogen-bond acceptors (Lipinski definition) is 1. The maximum Gasteiger partial charge on any atom is 0.250 e. The topological polar surface area (TPSA) is 20.3 Å². The smallest absolute Gasteiger partial charge is 0.250 e. The third-order valence-electron chi connectivity index (χ3n) is 6.90. The van der Waals surface area contributed by atoms with Crippen LogP contribution in [-0.4, -0.2) is 22.9 Å². The lowest BCUT2D eigenvalue weighted by molar-refractivity contribution is -0.135. The molecule has 0 unspecified atom stereocenters. The predicted molar refractivity (Wildman–Crippen MR) is 106 cm³/mol. The Kier molecular flexibility index (Phi) is 7.01. The van der Waals surface area contributed by atoms with Gasteiger partial charge >= 0.3 is 0 Å². The van der Waals surface area contributed by atoms with Crippen LogP contribution >= 0.6 is 0 Å². The molecule has 25 heavy (non-hydrogen) atoms. The van der Waals surface area contributed by atoms with Gasteiger partial charge in [0, 0.05) is 23.6 Å². The monoisotopic (exact) mass is 345 g/mol. The van der Waals surface area contributed by atoms with Gasteiger partial charge in [0.1, 0.15) is 0 Å². The van der Waals surface area contributed by atoms with Crippen LogP contribution in [0.1, 0.15) is 110 Å². The summed E-state index contributed by atoms with van der Waals surface area (Å²) >= 11 is 0. The van der Waals surface area contributed by atoms with Crippen LogP contribution in [-0.2, 0) is 4.79 Å². The number of fused-ring (bicyclic) bond motifs is 1. The van der Waals surface area contributed by atoms with Gasteiger partial charge in [0.25, 0.3) is 0 Å². The maximum atomic E-state index is 13.6. The molecule has 0 aromatic carbocycles. The number of amides is 1. The molecule has 3 aliphatic rings. The highest BCUT2D eigenvalue weighted by molar-refractivity contribution is 5.96. The SMILES string of the molecule is CCCC1=C(CCC)[C@H]2CCCCC[C@H]2N(C2CCCCCC2)C1=O. The van der Waals surface area contributed by atoms with E-state index in [0.29, 0.717) is 23.9 Å². The zero-order chi connectivity index (χ0) is 17.6. The summed E-state index contributed by atoms with van der Waals surface area (Å²) in [5.41, 5.74) is 2.81. The summed E-state index contributed by atoms with van der Waals surface area (Å²) in [4.78, 5) is 16.1. The lowest BCUT2D eigenvalue weighted by Crippen LogP contribution is -2.54. The van der Waals surface area contributed by atoms with E-state index in [1.807, 2.05) is 0 Å². The van der Waals surface area contributed by atoms with Crippen molar-refractivity contribution in [3.8, 4) is 0 Å². The zero-order valence-corrected chi connectivity index (χ0v) is 16.7. The molecule has 0 bridgehead atoms. The summed E-state index contributed by atoms with van der Waals surface area (Å²) in [5, 5.41) is 0. The molecule has 0 saturated heterocycles. The van der Waals surface area contributed by atoms with Gasteiger partial charge in [0.05, 0.1) is 0 Å². The number of carbonyl (C=O) groups excluding carboxylic acids is 1. The molecule has 0 aromatic rings. The van der Waals surface area contributed by atoms with E-state index in [1.54, 1.807) is 5.57 Å². The molecule has 1 heterocycles. The van der Waals surface area contributed by atoms with Crippen LogP contribution in [0.3, 0.4) is 0 Å². The molecule has 1 aliphatic heterocycles. The Morgan fingerprint density at radius 2 is 1.40 bits per heavy atom. The van der Waals surface area contributed by atoms with Gasteiger partial charge in [0.15, 0.2) is 0 Å². The summed E-state index contributed by atoms with van der Waals surface area (Å²) in [6.07, 6.45) is 18.9. The first-order chi connectivity index (χ1) is 12.3. The van der Waals surface area contributed by atoms with Gasteiger partial charge in [-0.05, 0) is 38.5 Å². The van der Waals surface area contributed by atoms with Gasteiger partial charge in [-0.1, -0.05) is 77.2 Å². The molecule has 2 atom stereocenters. The first-order valence-corrected chi connectivity index (χ1v) is 11.3. The van der Waals surface area contributed by atoms with Crippen molar-refractivity contribution >= 4 is 5.91 Å². The number of nitrogens with zero attached hydrogens (tertiary/aromatic N) is 1. The van der Waals surface area contributed by atoms with Gasteiger partial charge in [-0.2, -0.15) is 0 Å². The fraction of sp³-hybridized carbons (Fsp3) is 0.870. The highest BCUT2D eigenvalue weighted by Crippen LogP contribution is 2.43. The van der Waals surface area contributed by atoms with Crippen molar-refractivity contribution in [1.82, 2.24) is 4.90 Å². The third-order valence-corrected chi connectivity index (χ3v) is 6.90. The quantitative estimate of drug-likeness (QED) is 0.528. The second-order valence-electron chi connectivity index (χ2n) is 8.67. The minimum Gasteiger partial charge on any atom is -0.332 e. The average Bonchev–Trinajstić information content (AvgIpc) is 3.01. The van der Waals surface area contributed by atoms with E-state index in [-0.39, 0.29) is 0 Å². The van der Waals surface area contributed by atoms with Crippen LogP contribution in [0.5, 0.6) is 0 Å². The first kappa shape index (κ1) is 19.0. The molecule has 0 aromatic heterocycles. The van der Waals surface area contributed by atoms with E-state index in [9.17, 15) is 4.79 Å². The van der Waals surface area contributed by atoms with E-state index in [0.717, 1.165) is 19.3 Å². The highest BCUT2D eigenvalue weighted by Gasteiger charge is 2.43. The predicted octanol–water partition coefficient (Wildman–Crippen LogP) is 6.40. The number of carbonyl (C=O) groups is 1. The van der Waals surface area contributed by atoms with Crippen molar-refractivity contribution < 1.29 is 4.79 Å². The van der Waals surface area contributed by atoms with Crippen LogP contribution in [0.2, 0.25) is 0 Å². The molecule has 142 valence electrons. The molecule has 1 amide bonds. The second kappa shape index (κ2) is 9.24. The molecule has 2 fully saturated rings. The normalized spacial score (nSPS) is 29.4. The minimum atomic E-state index is 0.445. The van der Waals surface area contributed by atoms with Crippen molar-refractivity contribution in [1.29, 1.82) is 0 Å². The third kappa shape index (κ3) is 4.14. The van der Waals surface area contributed by atoms with Gasteiger partial charge in [-0.25, -0.2) is 0 Å². The zero-order valence-electron chi connectivity index (χ0n) is 16.7. The van der Waals surface area contributed by atoms with Crippen molar-refractivity contribution in [3.63, 3.8) is 0 Å². The van der Waals surface area contributed by atoms with E-state index < -0.39 is 0 Å². The summed E-state index contributed by atoms with van der Waals surface area (Å²) in [5.74, 6) is 1.12. The number of hydrogen-bond donors (Lipinski definition) is 0. The highest BCUT2D eigenvalue weighted by atomic mass is 16.2. The molecule has 2 saturated carbocycles. The van der Waals surface area contributed by atoms with E-state index in [4.69, 9.17) is 0 Å². The fourth-order valence-electron chi connectivity index (χ4n) is 5.79. The first-order valence-electron chi connectivity index (χ1n) is 11.3. The van der Waals surface area contributed by atoms with Crippen LogP contribution in [0.15, 0.2) is 11.1 Å². The van der Waals surface area contributed by atoms with Crippen molar-refractivity contribution in [2.24, 2.45) is 5.92 Å². The second-order valence-corrected chi connectivity index (χ2v) is 8.67. The van der Waals surface area contributed by atoms with Gasteiger partial charge in [-0.3, -0.25) is 4.79 Å². The van der Waals surface area contributed by atoms with Crippen molar-refractivity contribution in [2.45, 2.75) is 122 Å². The molecule has 2 heteroatoms. The van der Waals surface area contributed by atoms with Crippen LogP contribution < -0.4 is 0 Å². The maximum absolute atomic E-state index is 13.6. The lowest BCUT2D eigenvalue weighted by atomic mass is 9.76. The summed E-state index contributed by atoms with van der Waals surface area (Å²) in [6, 6.07) is 1.04. The van der Waals surface area contributed by atoms with Gasteiger partial charge in [-0.15, -0.1) is 0 Å². The average molecular weight is 346 g/mol. The Balaban J connectivity index is 1.97. The number of rotatable bonds is 5. The lowest BCUT2D eigenvalue weighted by Gasteiger charge is -2.47. The van der Waals surface area contributed by atoms with Crippen LogP contribution in [0.4, 0.5) is 0 Å². The molecular formula is C23H39NO. The molecule has 2 nitrogen and oxygen atoms in total. The standard InChI is InChI=1S/C23H39NO/c1-3-12-19-20-16-10-7-11-17-22(20)24(23(25)21(19)13-4-2)18-14-8-5-6-9-15-18/h18,20,22H,3-17H2,1-2H3/t20-,22-/m1/s1. The summed E-state index contributed by atoms with van der Waals surface area (Å²) in [6.45, 7) is 4.52. The van der Waals surface area contributed by atoms with Crippen LogP contribution in [0, 0.1) is 5.92 Å². The molecule has 0 spiro atoms.